The first-order valence-corrected chi connectivity index (χ1v) is 12.3. The Kier molecular flexibility index (Phi) is 7.62. The van der Waals surface area contributed by atoms with Crippen LogP contribution in [0.1, 0.15) is 42.6 Å². The maximum Gasteiger partial charge on any atom is 0.173 e. The molecule has 0 saturated carbocycles. The fraction of sp³-hybridized carbons (Fsp3) is 0.423. The number of nitrogens with zero attached hydrogens (tertiary/aromatic N) is 1. The number of thioether (sulfide) groups is 1. The summed E-state index contributed by atoms with van der Waals surface area (Å²) in [5, 5.41) is 14.6. The fourth-order valence-electron chi connectivity index (χ4n) is 4.59. The molecule has 1 fully saturated rings. The van der Waals surface area contributed by atoms with Crippen molar-refractivity contribution in [3.63, 3.8) is 0 Å². The second kappa shape index (κ2) is 10.6. The number of rotatable bonds is 7. The Labute approximate surface area is 189 Å². The Balaban J connectivity index is 1.43. The molecular weight excluding hydrogens is 404 g/mol. The second-order valence-electron chi connectivity index (χ2n) is 8.39. The van der Waals surface area contributed by atoms with E-state index in [1.165, 1.54) is 22.6 Å². The van der Waals surface area contributed by atoms with Gasteiger partial charge in [-0.15, -0.1) is 11.8 Å². The molecular formula is C26H32N2O2S. The topological polar surface area (TPSA) is 52.6 Å². The van der Waals surface area contributed by atoms with Crippen LogP contribution in [0.25, 0.3) is 6.08 Å². The zero-order valence-electron chi connectivity index (χ0n) is 18.2. The van der Waals surface area contributed by atoms with Crippen LogP contribution in [-0.2, 0) is 11.2 Å². The minimum atomic E-state index is -0.545. The Morgan fingerprint density at radius 1 is 1.29 bits per heavy atom. The molecule has 5 heteroatoms. The van der Waals surface area contributed by atoms with Gasteiger partial charge in [0.05, 0.1) is 12.1 Å². The van der Waals surface area contributed by atoms with Gasteiger partial charge in [0.2, 0.25) is 0 Å². The average molecular weight is 437 g/mol. The van der Waals surface area contributed by atoms with Crippen LogP contribution in [0.3, 0.4) is 0 Å². The van der Waals surface area contributed by atoms with Crippen molar-refractivity contribution < 1.29 is 9.90 Å². The molecule has 0 spiro atoms. The number of ketones is 1. The maximum atomic E-state index is 12.8. The highest BCUT2D eigenvalue weighted by Gasteiger charge is 2.32. The number of carbonyl (C=O) groups excluding carboxylic acids is 1. The molecule has 3 unspecified atom stereocenters. The van der Waals surface area contributed by atoms with Crippen LogP contribution in [0.2, 0.25) is 0 Å². The number of nitrogens with one attached hydrogen (secondary N) is 1. The summed E-state index contributed by atoms with van der Waals surface area (Å²) in [7, 11) is 0. The van der Waals surface area contributed by atoms with Crippen LogP contribution in [-0.4, -0.2) is 53.3 Å². The molecule has 2 N–H and O–H groups in total. The van der Waals surface area contributed by atoms with Crippen LogP contribution in [0.15, 0.2) is 59.5 Å². The molecule has 1 saturated heterocycles. The van der Waals surface area contributed by atoms with Crippen molar-refractivity contribution in [1.29, 1.82) is 0 Å². The van der Waals surface area contributed by atoms with E-state index in [0.29, 0.717) is 6.54 Å². The van der Waals surface area contributed by atoms with Crippen molar-refractivity contribution in [2.45, 2.75) is 49.3 Å². The van der Waals surface area contributed by atoms with Crippen molar-refractivity contribution in [3.05, 3.63) is 71.3 Å². The van der Waals surface area contributed by atoms with Gasteiger partial charge >= 0.3 is 0 Å². The van der Waals surface area contributed by atoms with Gasteiger partial charge in [-0.1, -0.05) is 55.5 Å². The van der Waals surface area contributed by atoms with Crippen molar-refractivity contribution in [2.75, 3.05) is 25.4 Å². The van der Waals surface area contributed by atoms with E-state index in [1.807, 2.05) is 48.2 Å². The van der Waals surface area contributed by atoms with Crippen molar-refractivity contribution in [1.82, 2.24) is 10.2 Å². The Hall–Kier alpha value is -1.92. The maximum absolute atomic E-state index is 12.8. The number of piperazine rings is 1. The van der Waals surface area contributed by atoms with E-state index in [4.69, 9.17) is 0 Å². The van der Waals surface area contributed by atoms with Crippen LogP contribution in [0.4, 0.5) is 0 Å². The molecule has 4 nitrogen and oxygen atoms in total. The molecule has 2 aromatic carbocycles. The summed E-state index contributed by atoms with van der Waals surface area (Å²) in [4.78, 5) is 16.4. The SMILES string of the molecule is CCC(C(O)c1ccc2c(c1)CCCS2)N1CCNC(C(=O)/C=C/c2ccccc2)C1. The third-order valence-electron chi connectivity index (χ3n) is 6.32. The zero-order chi connectivity index (χ0) is 21.6. The van der Waals surface area contributed by atoms with E-state index in [2.05, 4.69) is 35.3 Å². The summed E-state index contributed by atoms with van der Waals surface area (Å²) < 4.78 is 0. The molecule has 3 atom stereocenters. The van der Waals surface area contributed by atoms with E-state index in [1.54, 1.807) is 6.08 Å². The van der Waals surface area contributed by atoms with Crippen LogP contribution >= 0.6 is 11.8 Å². The third kappa shape index (κ3) is 5.47. The summed E-state index contributed by atoms with van der Waals surface area (Å²) in [5.74, 6) is 1.27. The lowest BCUT2D eigenvalue weighted by atomic mass is 9.94. The van der Waals surface area contributed by atoms with Crippen LogP contribution < -0.4 is 5.32 Å². The zero-order valence-corrected chi connectivity index (χ0v) is 19.0. The number of fused-ring (bicyclic) bond motifs is 1. The van der Waals surface area contributed by atoms with E-state index in [9.17, 15) is 9.90 Å². The smallest absolute Gasteiger partial charge is 0.173 e. The number of benzene rings is 2. The van der Waals surface area contributed by atoms with E-state index in [-0.39, 0.29) is 17.9 Å². The van der Waals surface area contributed by atoms with Gasteiger partial charge in [-0.25, -0.2) is 0 Å². The summed E-state index contributed by atoms with van der Waals surface area (Å²) >= 11 is 1.91. The molecule has 0 amide bonds. The van der Waals surface area contributed by atoms with Gasteiger partial charge in [-0.2, -0.15) is 0 Å². The van der Waals surface area contributed by atoms with Gasteiger partial charge in [0.1, 0.15) is 0 Å². The molecule has 0 aliphatic carbocycles. The van der Waals surface area contributed by atoms with Gasteiger partial charge in [0.25, 0.3) is 0 Å². The monoisotopic (exact) mass is 436 g/mol. The highest BCUT2D eigenvalue weighted by atomic mass is 32.2. The second-order valence-corrected chi connectivity index (χ2v) is 9.52. The Bertz CT molecular complexity index is 915. The Morgan fingerprint density at radius 2 is 2.13 bits per heavy atom. The van der Waals surface area contributed by atoms with Crippen molar-refractivity contribution >= 4 is 23.6 Å². The number of aryl methyl sites for hydroxylation is 1. The standard InChI is InChI=1S/C26H32N2O2S/c1-2-23(26(30)21-11-13-25-20(17-21)9-6-16-31-25)28-15-14-27-22(18-28)24(29)12-10-19-7-4-3-5-8-19/h3-5,7-8,10-13,17,22-23,26-27,30H,2,6,9,14-16,18H2,1H3/b12-10+. The first-order chi connectivity index (χ1) is 15.2. The van der Waals surface area contributed by atoms with E-state index >= 15 is 0 Å². The average Bonchev–Trinajstić information content (AvgIpc) is 2.83. The van der Waals surface area contributed by atoms with Gasteiger partial charge in [-0.3, -0.25) is 9.69 Å². The lowest BCUT2D eigenvalue weighted by Crippen LogP contribution is -2.57. The number of hydrogen-bond acceptors (Lipinski definition) is 5. The first-order valence-electron chi connectivity index (χ1n) is 11.3. The number of aliphatic hydroxyl groups is 1. The molecule has 0 aromatic heterocycles. The van der Waals surface area contributed by atoms with Crippen molar-refractivity contribution in [2.24, 2.45) is 0 Å². The molecule has 0 radical (unpaired) electrons. The highest BCUT2D eigenvalue weighted by molar-refractivity contribution is 7.99. The molecule has 2 aliphatic heterocycles. The first kappa shape index (κ1) is 22.3. The largest absolute Gasteiger partial charge is 0.387 e. The molecule has 164 valence electrons. The van der Waals surface area contributed by atoms with Crippen LogP contribution in [0, 0.1) is 0 Å². The van der Waals surface area contributed by atoms with E-state index in [0.717, 1.165) is 37.1 Å². The highest BCUT2D eigenvalue weighted by Crippen LogP contribution is 2.33. The summed E-state index contributed by atoms with van der Waals surface area (Å²) in [5.41, 5.74) is 3.39. The summed E-state index contributed by atoms with van der Waals surface area (Å²) in [6, 6.07) is 16.1. The molecule has 2 aromatic rings. The predicted molar refractivity (Wildman–Crippen MR) is 128 cm³/mol. The predicted octanol–water partition coefficient (Wildman–Crippen LogP) is 4.09. The van der Waals surface area contributed by atoms with E-state index < -0.39 is 6.10 Å². The fourth-order valence-corrected chi connectivity index (χ4v) is 5.61. The van der Waals surface area contributed by atoms with Gasteiger partial charge < -0.3 is 10.4 Å². The molecule has 0 bridgehead atoms. The van der Waals surface area contributed by atoms with Gasteiger partial charge in [0.15, 0.2) is 5.78 Å². The van der Waals surface area contributed by atoms with Crippen LogP contribution in [0.5, 0.6) is 0 Å². The summed E-state index contributed by atoms with van der Waals surface area (Å²) in [6.07, 6.45) is 6.14. The Morgan fingerprint density at radius 3 is 2.94 bits per heavy atom. The third-order valence-corrected chi connectivity index (χ3v) is 7.52. The molecule has 2 heterocycles. The minimum absolute atomic E-state index is 0.00444. The lowest BCUT2D eigenvalue weighted by Gasteiger charge is -2.40. The number of aliphatic hydroxyl groups excluding tert-OH is 1. The molecule has 4 rings (SSSR count). The number of carbonyl (C=O) groups is 1. The van der Waals surface area contributed by atoms with Gasteiger partial charge in [-0.05, 0) is 53.8 Å². The lowest BCUT2D eigenvalue weighted by molar-refractivity contribution is -0.118. The normalized spacial score (nSPS) is 21.5. The molecule has 2 aliphatic rings. The van der Waals surface area contributed by atoms with Gasteiger partial charge in [0, 0.05) is 30.6 Å². The number of hydrogen-bond donors (Lipinski definition) is 2. The minimum Gasteiger partial charge on any atom is -0.387 e. The summed E-state index contributed by atoms with van der Waals surface area (Å²) in [6.45, 7) is 4.33. The quantitative estimate of drug-likeness (QED) is 0.640. The van der Waals surface area contributed by atoms with Crippen molar-refractivity contribution in [3.8, 4) is 0 Å². The molecule has 31 heavy (non-hydrogen) atoms.